The monoisotopic (exact) mass is 381 g/mol. The van der Waals surface area contributed by atoms with Crippen molar-refractivity contribution in [3.05, 3.63) is 76.0 Å². The van der Waals surface area contributed by atoms with E-state index in [0.29, 0.717) is 17.1 Å². The molecule has 0 fully saturated rings. The van der Waals surface area contributed by atoms with Gasteiger partial charge in [0.1, 0.15) is 4.90 Å². The molecule has 0 bridgehead atoms. The summed E-state index contributed by atoms with van der Waals surface area (Å²) >= 11 is 11.8. The first-order chi connectivity index (χ1) is 11.4. The number of H-pyrrole nitrogens is 1. The number of sulfonamides is 1. The maximum Gasteiger partial charge on any atom is 0.263 e. The van der Waals surface area contributed by atoms with Crippen molar-refractivity contribution in [2.45, 2.75) is 11.3 Å². The largest absolute Gasteiger partial charge is 0.285 e. The highest BCUT2D eigenvalue weighted by Crippen LogP contribution is 2.27. The number of halogens is 2. The second-order valence-corrected chi connectivity index (χ2v) is 7.65. The molecule has 1 aromatic heterocycles. The number of hydrogen-bond donors (Lipinski definition) is 2. The van der Waals surface area contributed by atoms with Gasteiger partial charge in [0.2, 0.25) is 0 Å². The smallest absolute Gasteiger partial charge is 0.263 e. The number of hydrogen-bond acceptors (Lipinski definition) is 3. The van der Waals surface area contributed by atoms with Crippen LogP contribution >= 0.6 is 23.2 Å². The van der Waals surface area contributed by atoms with Gasteiger partial charge < -0.3 is 0 Å². The molecule has 1 heterocycles. The molecule has 0 aliphatic rings. The third kappa shape index (κ3) is 3.90. The molecule has 0 unspecified atom stereocenters. The lowest BCUT2D eigenvalue weighted by Gasteiger charge is -2.10. The number of benzene rings is 2. The Morgan fingerprint density at radius 1 is 1.04 bits per heavy atom. The van der Waals surface area contributed by atoms with Gasteiger partial charge in [0, 0.05) is 23.3 Å². The van der Waals surface area contributed by atoms with Crippen LogP contribution in [0.3, 0.4) is 0 Å². The van der Waals surface area contributed by atoms with E-state index in [0.717, 1.165) is 11.1 Å². The Labute approximate surface area is 149 Å². The number of aromatic nitrogens is 2. The molecule has 24 heavy (non-hydrogen) atoms. The van der Waals surface area contributed by atoms with Crippen molar-refractivity contribution >= 4 is 38.9 Å². The minimum Gasteiger partial charge on any atom is -0.285 e. The van der Waals surface area contributed by atoms with Crippen LogP contribution in [-0.2, 0) is 16.4 Å². The molecule has 0 atom stereocenters. The number of rotatable bonds is 5. The SMILES string of the molecule is O=S(=O)(Nc1ccc(Cc2cn[nH]c2)cc1)c1cc(Cl)ccc1Cl. The van der Waals surface area contributed by atoms with Crippen molar-refractivity contribution in [1.29, 1.82) is 0 Å². The molecular weight excluding hydrogens is 369 g/mol. The van der Waals surface area contributed by atoms with E-state index in [1.54, 1.807) is 18.3 Å². The summed E-state index contributed by atoms with van der Waals surface area (Å²) in [6.45, 7) is 0. The normalized spacial score (nSPS) is 11.4. The molecule has 3 rings (SSSR count). The zero-order valence-electron chi connectivity index (χ0n) is 12.3. The van der Waals surface area contributed by atoms with E-state index in [-0.39, 0.29) is 9.92 Å². The van der Waals surface area contributed by atoms with Crippen LogP contribution in [0.5, 0.6) is 0 Å². The highest BCUT2D eigenvalue weighted by molar-refractivity contribution is 7.92. The third-order valence-electron chi connectivity index (χ3n) is 3.35. The van der Waals surface area contributed by atoms with Gasteiger partial charge in [-0.05, 0) is 41.5 Å². The minimum absolute atomic E-state index is 0.0564. The van der Waals surface area contributed by atoms with Crippen molar-refractivity contribution in [2.75, 3.05) is 4.72 Å². The van der Waals surface area contributed by atoms with E-state index < -0.39 is 10.0 Å². The fourth-order valence-corrected chi connectivity index (χ4v) is 4.02. The van der Waals surface area contributed by atoms with Gasteiger partial charge in [-0.1, -0.05) is 35.3 Å². The lowest BCUT2D eigenvalue weighted by atomic mass is 10.1. The minimum atomic E-state index is -3.81. The van der Waals surface area contributed by atoms with Crippen LogP contribution < -0.4 is 4.72 Å². The van der Waals surface area contributed by atoms with Crippen molar-refractivity contribution in [1.82, 2.24) is 10.2 Å². The van der Waals surface area contributed by atoms with Gasteiger partial charge in [-0.15, -0.1) is 0 Å². The molecule has 0 aliphatic heterocycles. The molecule has 0 amide bonds. The van der Waals surface area contributed by atoms with Crippen LogP contribution in [0.1, 0.15) is 11.1 Å². The molecule has 0 saturated carbocycles. The summed E-state index contributed by atoms with van der Waals surface area (Å²) in [6, 6.07) is 11.4. The first kappa shape index (κ1) is 16.8. The van der Waals surface area contributed by atoms with E-state index >= 15 is 0 Å². The summed E-state index contributed by atoms with van der Waals surface area (Å²) in [5, 5.41) is 7.06. The Kier molecular flexibility index (Phi) is 4.80. The molecule has 0 saturated heterocycles. The molecule has 0 radical (unpaired) electrons. The Hall–Kier alpha value is -2.02. The fraction of sp³-hybridized carbons (Fsp3) is 0.0625. The Bertz CT molecular complexity index is 940. The van der Waals surface area contributed by atoms with Crippen LogP contribution in [0.15, 0.2) is 59.8 Å². The Morgan fingerprint density at radius 2 is 1.79 bits per heavy atom. The Morgan fingerprint density at radius 3 is 2.46 bits per heavy atom. The van der Waals surface area contributed by atoms with E-state index in [1.165, 1.54) is 18.2 Å². The molecule has 3 aromatic rings. The van der Waals surface area contributed by atoms with Gasteiger partial charge in [-0.25, -0.2) is 8.42 Å². The van der Waals surface area contributed by atoms with Gasteiger partial charge in [0.25, 0.3) is 10.0 Å². The summed E-state index contributed by atoms with van der Waals surface area (Å²) < 4.78 is 27.4. The van der Waals surface area contributed by atoms with E-state index in [2.05, 4.69) is 14.9 Å². The highest BCUT2D eigenvalue weighted by Gasteiger charge is 2.18. The van der Waals surface area contributed by atoms with Crippen molar-refractivity contribution in [2.24, 2.45) is 0 Å². The molecular formula is C16H13Cl2N3O2S. The third-order valence-corrected chi connectivity index (χ3v) is 5.45. The van der Waals surface area contributed by atoms with Crippen LogP contribution in [0.25, 0.3) is 0 Å². The van der Waals surface area contributed by atoms with E-state index in [9.17, 15) is 8.42 Å². The second kappa shape index (κ2) is 6.84. The van der Waals surface area contributed by atoms with Gasteiger partial charge in [-0.3, -0.25) is 9.82 Å². The first-order valence-electron chi connectivity index (χ1n) is 6.98. The zero-order chi connectivity index (χ0) is 17.2. The predicted molar refractivity (Wildman–Crippen MR) is 95.1 cm³/mol. The first-order valence-corrected chi connectivity index (χ1v) is 9.22. The molecule has 2 aromatic carbocycles. The molecule has 0 aliphatic carbocycles. The summed E-state index contributed by atoms with van der Waals surface area (Å²) in [7, 11) is -3.81. The standard InChI is InChI=1S/C16H13Cl2N3O2S/c17-13-3-6-15(18)16(8-13)24(22,23)21-14-4-1-11(2-5-14)7-12-9-19-20-10-12/h1-6,8-10,21H,7H2,(H,19,20). The van der Waals surface area contributed by atoms with Gasteiger partial charge in [0.15, 0.2) is 0 Å². The van der Waals surface area contributed by atoms with E-state index in [4.69, 9.17) is 23.2 Å². The van der Waals surface area contributed by atoms with Crippen molar-refractivity contribution in [3.8, 4) is 0 Å². The molecule has 2 N–H and O–H groups in total. The quantitative estimate of drug-likeness (QED) is 0.698. The van der Waals surface area contributed by atoms with Crippen molar-refractivity contribution in [3.63, 3.8) is 0 Å². The summed E-state index contributed by atoms with van der Waals surface area (Å²) in [5.74, 6) is 0. The van der Waals surface area contributed by atoms with Gasteiger partial charge >= 0.3 is 0 Å². The van der Waals surface area contributed by atoms with Gasteiger partial charge in [-0.2, -0.15) is 5.10 Å². The predicted octanol–water partition coefficient (Wildman–Crippen LogP) is 4.11. The average Bonchev–Trinajstić information content (AvgIpc) is 3.04. The number of nitrogens with zero attached hydrogens (tertiary/aromatic N) is 1. The lowest BCUT2D eigenvalue weighted by Crippen LogP contribution is -2.13. The second-order valence-electron chi connectivity index (χ2n) is 5.16. The van der Waals surface area contributed by atoms with Crippen LogP contribution in [0.4, 0.5) is 5.69 Å². The summed E-state index contributed by atoms with van der Waals surface area (Å²) in [4.78, 5) is -0.0564. The van der Waals surface area contributed by atoms with Crippen LogP contribution in [0.2, 0.25) is 10.0 Å². The van der Waals surface area contributed by atoms with Crippen molar-refractivity contribution < 1.29 is 8.42 Å². The van der Waals surface area contributed by atoms with Gasteiger partial charge in [0.05, 0.1) is 11.2 Å². The Balaban J connectivity index is 1.79. The topological polar surface area (TPSA) is 74.8 Å². The van der Waals surface area contributed by atoms with Crippen LogP contribution in [0, 0.1) is 0 Å². The van der Waals surface area contributed by atoms with E-state index in [1.807, 2.05) is 18.3 Å². The fourth-order valence-electron chi connectivity index (χ4n) is 2.19. The molecule has 8 heteroatoms. The highest BCUT2D eigenvalue weighted by atomic mass is 35.5. The lowest BCUT2D eigenvalue weighted by molar-refractivity contribution is 0.601. The maximum atomic E-state index is 12.4. The molecule has 5 nitrogen and oxygen atoms in total. The number of aromatic amines is 1. The average molecular weight is 382 g/mol. The summed E-state index contributed by atoms with van der Waals surface area (Å²) in [6.07, 6.45) is 4.28. The molecule has 124 valence electrons. The number of nitrogens with one attached hydrogen (secondary N) is 2. The molecule has 0 spiro atoms. The number of anilines is 1. The zero-order valence-corrected chi connectivity index (χ0v) is 14.7. The maximum absolute atomic E-state index is 12.4. The summed E-state index contributed by atoms with van der Waals surface area (Å²) in [5.41, 5.74) is 2.54. The van der Waals surface area contributed by atoms with Crippen LogP contribution in [-0.4, -0.2) is 18.6 Å².